The predicted octanol–water partition coefficient (Wildman–Crippen LogP) is 2.00. The lowest BCUT2D eigenvalue weighted by molar-refractivity contribution is 0.0554. The Kier molecular flexibility index (Phi) is 5.54. The minimum Gasteiger partial charge on any atom is -0.398 e. The highest BCUT2D eigenvalue weighted by molar-refractivity contribution is 9.10. The molecular formula is C12H18BrFN2O3S. The molecule has 0 aromatic heterocycles. The molecule has 1 aromatic carbocycles. The van der Waals surface area contributed by atoms with Crippen molar-refractivity contribution in [1.82, 2.24) is 4.72 Å². The Balaban J connectivity index is 2.98. The smallest absolute Gasteiger partial charge is 0.242 e. The van der Waals surface area contributed by atoms with Crippen molar-refractivity contribution in [2.75, 3.05) is 12.3 Å². The first-order valence-corrected chi connectivity index (χ1v) is 8.33. The summed E-state index contributed by atoms with van der Waals surface area (Å²) in [6, 6.07) is 2.03. The molecule has 0 aliphatic carbocycles. The van der Waals surface area contributed by atoms with Gasteiger partial charge in [0.2, 0.25) is 10.0 Å². The highest BCUT2D eigenvalue weighted by Gasteiger charge is 2.25. The first-order chi connectivity index (χ1) is 9.09. The standard InChI is InChI=1S/C12H18BrFN2O3S/c1-3-4-12(2,17)7-16-20(18,19)11-5-8(13)9(14)6-10(11)15/h5-6,16-17H,3-4,7,15H2,1-2H3. The summed E-state index contributed by atoms with van der Waals surface area (Å²) in [6.07, 6.45) is 1.18. The van der Waals surface area contributed by atoms with Gasteiger partial charge in [0.05, 0.1) is 15.8 Å². The second-order valence-corrected chi connectivity index (χ2v) is 7.47. The lowest BCUT2D eigenvalue weighted by atomic mass is 10.0. The topological polar surface area (TPSA) is 92.4 Å². The van der Waals surface area contributed by atoms with Crippen LogP contribution in [-0.4, -0.2) is 25.7 Å². The molecule has 4 N–H and O–H groups in total. The maximum absolute atomic E-state index is 13.2. The van der Waals surface area contributed by atoms with E-state index in [1.807, 2.05) is 6.92 Å². The van der Waals surface area contributed by atoms with Gasteiger partial charge in [0.15, 0.2) is 0 Å². The van der Waals surface area contributed by atoms with E-state index in [4.69, 9.17) is 5.73 Å². The van der Waals surface area contributed by atoms with Gasteiger partial charge in [-0.05, 0) is 41.4 Å². The van der Waals surface area contributed by atoms with Crippen LogP contribution in [0.25, 0.3) is 0 Å². The summed E-state index contributed by atoms with van der Waals surface area (Å²) < 4.78 is 39.8. The number of benzene rings is 1. The van der Waals surface area contributed by atoms with Crippen LogP contribution >= 0.6 is 15.9 Å². The fourth-order valence-electron chi connectivity index (χ4n) is 1.73. The van der Waals surface area contributed by atoms with E-state index in [0.717, 1.165) is 18.6 Å². The molecule has 0 fully saturated rings. The van der Waals surface area contributed by atoms with Crippen LogP contribution in [0.1, 0.15) is 26.7 Å². The van der Waals surface area contributed by atoms with Gasteiger partial charge in [-0.1, -0.05) is 13.3 Å². The molecule has 5 nitrogen and oxygen atoms in total. The fraction of sp³-hybridized carbons (Fsp3) is 0.500. The molecule has 20 heavy (non-hydrogen) atoms. The Bertz CT molecular complexity index is 591. The molecule has 0 bridgehead atoms. The second kappa shape index (κ2) is 6.38. The average Bonchev–Trinajstić information content (AvgIpc) is 2.31. The van der Waals surface area contributed by atoms with E-state index in [-0.39, 0.29) is 21.6 Å². The van der Waals surface area contributed by atoms with Crippen LogP contribution in [0, 0.1) is 5.82 Å². The van der Waals surface area contributed by atoms with Crippen LogP contribution in [0.5, 0.6) is 0 Å². The molecule has 1 atom stereocenters. The van der Waals surface area contributed by atoms with E-state index in [2.05, 4.69) is 20.7 Å². The maximum atomic E-state index is 13.2. The number of nitrogens with two attached hydrogens (primary N) is 1. The molecule has 1 rings (SSSR count). The van der Waals surface area contributed by atoms with Crippen LogP contribution in [0.4, 0.5) is 10.1 Å². The number of nitrogen functional groups attached to an aromatic ring is 1. The second-order valence-electron chi connectivity index (χ2n) is 4.88. The number of aliphatic hydroxyl groups is 1. The zero-order valence-corrected chi connectivity index (χ0v) is 13.7. The molecule has 114 valence electrons. The monoisotopic (exact) mass is 368 g/mol. The molecule has 0 saturated carbocycles. The number of anilines is 1. The van der Waals surface area contributed by atoms with Crippen LogP contribution < -0.4 is 10.5 Å². The fourth-order valence-corrected chi connectivity index (χ4v) is 3.53. The molecular weight excluding hydrogens is 351 g/mol. The summed E-state index contributed by atoms with van der Waals surface area (Å²) in [5, 5.41) is 9.97. The normalized spacial score (nSPS) is 15.1. The third-order valence-electron chi connectivity index (χ3n) is 2.77. The van der Waals surface area contributed by atoms with Gasteiger partial charge >= 0.3 is 0 Å². The molecule has 8 heteroatoms. The quantitative estimate of drug-likeness (QED) is 0.669. The Hall–Kier alpha value is -0.700. The van der Waals surface area contributed by atoms with E-state index >= 15 is 0 Å². The average molecular weight is 369 g/mol. The SMILES string of the molecule is CCCC(C)(O)CNS(=O)(=O)c1cc(Br)c(F)cc1N. The molecule has 0 aliphatic heterocycles. The third-order valence-corrected chi connectivity index (χ3v) is 4.84. The van der Waals surface area contributed by atoms with Crippen LogP contribution in [0.2, 0.25) is 0 Å². The lowest BCUT2D eigenvalue weighted by Crippen LogP contribution is -2.40. The van der Waals surface area contributed by atoms with Crippen molar-refractivity contribution in [3.05, 3.63) is 22.4 Å². The number of nitrogens with one attached hydrogen (secondary N) is 1. The first kappa shape index (κ1) is 17.4. The van der Waals surface area contributed by atoms with Gasteiger partial charge in [-0.2, -0.15) is 0 Å². The highest BCUT2D eigenvalue weighted by atomic mass is 79.9. The van der Waals surface area contributed by atoms with Gasteiger partial charge in [-0.25, -0.2) is 17.5 Å². The summed E-state index contributed by atoms with van der Waals surface area (Å²) in [4.78, 5) is -0.224. The molecule has 1 aromatic rings. The summed E-state index contributed by atoms with van der Waals surface area (Å²) in [6.45, 7) is 3.29. The number of hydrogen-bond donors (Lipinski definition) is 3. The van der Waals surface area contributed by atoms with Gasteiger partial charge in [-0.15, -0.1) is 0 Å². The third kappa shape index (κ3) is 4.41. The summed E-state index contributed by atoms with van der Waals surface area (Å²) in [5.41, 5.74) is 4.20. The first-order valence-electron chi connectivity index (χ1n) is 6.05. The van der Waals surface area contributed by atoms with Crippen molar-refractivity contribution >= 4 is 31.6 Å². The summed E-state index contributed by atoms with van der Waals surface area (Å²) in [7, 11) is -3.91. The highest BCUT2D eigenvalue weighted by Crippen LogP contribution is 2.26. The maximum Gasteiger partial charge on any atom is 0.242 e. The van der Waals surface area contributed by atoms with Crippen molar-refractivity contribution in [3.63, 3.8) is 0 Å². The van der Waals surface area contributed by atoms with Crippen molar-refractivity contribution in [1.29, 1.82) is 0 Å². The Morgan fingerprint density at radius 1 is 1.50 bits per heavy atom. The minimum absolute atomic E-state index is 0.00685. The molecule has 0 spiro atoms. The zero-order valence-electron chi connectivity index (χ0n) is 11.3. The van der Waals surface area contributed by atoms with Crippen molar-refractivity contribution in [2.45, 2.75) is 37.2 Å². The molecule has 0 radical (unpaired) electrons. The van der Waals surface area contributed by atoms with Crippen LogP contribution in [0.15, 0.2) is 21.5 Å². The van der Waals surface area contributed by atoms with E-state index < -0.39 is 21.4 Å². The molecule has 0 heterocycles. The van der Waals surface area contributed by atoms with Gasteiger partial charge in [-0.3, -0.25) is 0 Å². The lowest BCUT2D eigenvalue weighted by Gasteiger charge is -2.23. The summed E-state index contributed by atoms with van der Waals surface area (Å²) in [5.74, 6) is -0.639. The van der Waals surface area contributed by atoms with Crippen molar-refractivity contribution < 1.29 is 17.9 Å². The molecule has 1 unspecified atom stereocenters. The number of halogens is 2. The van der Waals surface area contributed by atoms with E-state index in [1.165, 1.54) is 0 Å². The van der Waals surface area contributed by atoms with E-state index in [1.54, 1.807) is 6.92 Å². The molecule has 0 aliphatic rings. The van der Waals surface area contributed by atoms with Gasteiger partial charge < -0.3 is 10.8 Å². The number of sulfonamides is 1. The Morgan fingerprint density at radius 3 is 2.65 bits per heavy atom. The van der Waals surface area contributed by atoms with Gasteiger partial charge in [0, 0.05) is 6.54 Å². The van der Waals surface area contributed by atoms with E-state index in [0.29, 0.717) is 6.42 Å². The van der Waals surface area contributed by atoms with Crippen LogP contribution in [-0.2, 0) is 10.0 Å². The molecule has 0 amide bonds. The number of rotatable bonds is 6. The van der Waals surface area contributed by atoms with Crippen LogP contribution in [0.3, 0.4) is 0 Å². The molecule has 0 saturated heterocycles. The zero-order chi connectivity index (χ0) is 15.6. The van der Waals surface area contributed by atoms with Crippen molar-refractivity contribution in [2.24, 2.45) is 0 Å². The summed E-state index contributed by atoms with van der Waals surface area (Å²) >= 11 is 2.92. The van der Waals surface area contributed by atoms with E-state index in [9.17, 15) is 17.9 Å². The minimum atomic E-state index is -3.91. The number of hydrogen-bond acceptors (Lipinski definition) is 4. The van der Waals surface area contributed by atoms with Gasteiger partial charge in [0.1, 0.15) is 10.7 Å². The van der Waals surface area contributed by atoms with Crippen molar-refractivity contribution in [3.8, 4) is 0 Å². The van der Waals surface area contributed by atoms with Gasteiger partial charge in [0.25, 0.3) is 0 Å². The predicted molar refractivity (Wildman–Crippen MR) is 79.2 cm³/mol. The Morgan fingerprint density at radius 2 is 2.10 bits per heavy atom. The largest absolute Gasteiger partial charge is 0.398 e. The Labute approximate surface area is 126 Å².